The molecule has 0 spiro atoms. The third-order valence-electron chi connectivity index (χ3n) is 3.73. The Balaban J connectivity index is 0.00000261. The highest BCUT2D eigenvalue weighted by atomic mass is 16.5. The SMILES string of the molecule is Cc1nc(C(=O)NCC(=O)[O-])c(O)c2ccc(Oc3ccccc3)cc12.[NH4+]. The molecule has 27 heavy (non-hydrogen) atoms. The number of carboxylic acid groups (broad SMARTS) is 1. The summed E-state index contributed by atoms with van der Waals surface area (Å²) in [6.07, 6.45) is 0. The van der Waals surface area contributed by atoms with Gasteiger partial charge in [0.15, 0.2) is 11.4 Å². The van der Waals surface area contributed by atoms with Crippen molar-refractivity contribution in [1.29, 1.82) is 0 Å². The average molecular weight is 369 g/mol. The number of pyridine rings is 1. The Labute approximate surface area is 155 Å². The first kappa shape index (κ1) is 19.7. The maximum Gasteiger partial charge on any atom is 0.274 e. The quantitative estimate of drug-likeness (QED) is 0.625. The number of carboxylic acids is 1. The molecule has 0 aliphatic rings. The van der Waals surface area contributed by atoms with E-state index in [0.29, 0.717) is 28.0 Å². The lowest BCUT2D eigenvalue weighted by Gasteiger charge is -2.12. The first-order valence-electron chi connectivity index (χ1n) is 7.80. The topological polar surface area (TPSA) is 148 Å². The lowest BCUT2D eigenvalue weighted by Crippen LogP contribution is -2.38. The summed E-state index contributed by atoms with van der Waals surface area (Å²) in [6, 6.07) is 14.2. The molecule has 6 N–H and O–H groups in total. The van der Waals surface area contributed by atoms with Gasteiger partial charge in [-0.1, -0.05) is 18.2 Å². The van der Waals surface area contributed by atoms with Crippen molar-refractivity contribution in [3.63, 3.8) is 0 Å². The molecule has 3 aromatic rings. The summed E-state index contributed by atoms with van der Waals surface area (Å²) in [5.41, 5.74) is 0.253. The second kappa shape index (κ2) is 8.15. The van der Waals surface area contributed by atoms with Gasteiger partial charge in [0.25, 0.3) is 5.91 Å². The number of nitrogens with zero attached hydrogens (tertiary/aromatic N) is 1. The van der Waals surface area contributed by atoms with Crippen molar-refractivity contribution < 1.29 is 24.5 Å². The number of hydrogen-bond donors (Lipinski definition) is 3. The van der Waals surface area contributed by atoms with Crippen LogP contribution in [-0.4, -0.2) is 28.5 Å². The Kier molecular flexibility index (Phi) is 5.94. The van der Waals surface area contributed by atoms with Crippen molar-refractivity contribution in [2.24, 2.45) is 0 Å². The van der Waals surface area contributed by atoms with Crippen LogP contribution in [0.15, 0.2) is 48.5 Å². The number of quaternary nitrogens is 1. The zero-order valence-corrected chi connectivity index (χ0v) is 14.9. The van der Waals surface area contributed by atoms with Crippen molar-refractivity contribution in [2.45, 2.75) is 6.92 Å². The highest BCUT2D eigenvalue weighted by Crippen LogP contribution is 2.33. The number of aromatic hydroxyl groups is 1. The molecule has 2 aromatic carbocycles. The normalized spacial score (nSPS) is 10.1. The number of fused-ring (bicyclic) bond motifs is 1. The van der Waals surface area contributed by atoms with Crippen LogP contribution < -0.4 is 21.3 Å². The van der Waals surface area contributed by atoms with Crippen LogP contribution in [-0.2, 0) is 4.79 Å². The molecule has 0 aliphatic heterocycles. The number of amides is 1. The number of ether oxygens (including phenoxy) is 1. The molecule has 1 amide bonds. The van der Waals surface area contributed by atoms with E-state index < -0.39 is 18.4 Å². The Hall–Kier alpha value is -3.65. The first-order chi connectivity index (χ1) is 12.5. The molecule has 0 saturated carbocycles. The van der Waals surface area contributed by atoms with E-state index in [1.54, 1.807) is 25.1 Å². The fourth-order valence-electron chi connectivity index (χ4n) is 2.52. The Bertz CT molecular complexity index is 990. The lowest BCUT2D eigenvalue weighted by atomic mass is 10.1. The molecule has 0 atom stereocenters. The molecule has 1 aromatic heterocycles. The number of aryl methyl sites for hydroxylation is 1. The molecule has 0 fully saturated rings. The average Bonchev–Trinajstić information content (AvgIpc) is 2.63. The molecule has 8 heteroatoms. The number of aromatic nitrogens is 1. The predicted octanol–water partition coefficient (Wildman–Crippen LogP) is 1.90. The van der Waals surface area contributed by atoms with Gasteiger partial charge in [-0.3, -0.25) is 4.79 Å². The van der Waals surface area contributed by atoms with Crippen molar-refractivity contribution >= 4 is 22.6 Å². The van der Waals surface area contributed by atoms with Gasteiger partial charge < -0.3 is 31.2 Å². The monoisotopic (exact) mass is 369 g/mol. The molecule has 140 valence electrons. The van der Waals surface area contributed by atoms with E-state index in [4.69, 9.17) is 4.74 Å². The van der Waals surface area contributed by atoms with Crippen molar-refractivity contribution in [1.82, 2.24) is 16.5 Å². The second-order valence-corrected chi connectivity index (χ2v) is 5.57. The van der Waals surface area contributed by atoms with E-state index in [1.165, 1.54) is 0 Å². The summed E-state index contributed by atoms with van der Waals surface area (Å²) < 4.78 is 5.76. The smallest absolute Gasteiger partial charge is 0.274 e. The van der Waals surface area contributed by atoms with E-state index in [2.05, 4.69) is 10.3 Å². The molecule has 0 aliphatic carbocycles. The maximum atomic E-state index is 12.0. The van der Waals surface area contributed by atoms with E-state index in [1.807, 2.05) is 30.3 Å². The van der Waals surface area contributed by atoms with Crippen LogP contribution in [0, 0.1) is 6.92 Å². The fourth-order valence-corrected chi connectivity index (χ4v) is 2.52. The van der Waals surface area contributed by atoms with Crippen molar-refractivity contribution in [2.75, 3.05) is 6.54 Å². The highest BCUT2D eigenvalue weighted by Gasteiger charge is 2.18. The van der Waals surface area contributed by atoms with E-state index in [0.717, 1.165) is 0 Å². The van der Waals surface area contributed by atoms with Crippen LogP contribution in [0.3, 0.4) is 0 Å². The lowest BCUT2D eigenvalue weighted by molar-refractivity contribution is -0.303. The zero-order valence-electron chi connectivity index (χ0n) is 14.9. The number of nitrogens with one attached hydrogen (secondary N) is 1. The Morgan fingerprint density at radius 3 is 2.48 bits per heavy atom. The molecule has 0 saturated heterocycles. The van der Waals surface area contributed by atoms with Gasteiger partial charge in [-0.2, -0.15) is 0 Å². The second-order valence-electron chi connectivity index (χ2n) is 5.57. The Morgan fingerprint density at radius 2 is 1.81 bits per heavy atom. The number of aliphatic carboxylic acids is 1. The fraction of sp³-hybridized carbons (Fsp3) is 0.105. The minimum Gasteiger partial charge on any atom is -0.548 e. The van der Waals surface area contributed by atoms with Crippen LogP contribution in [0.4, 0.5) is 0 Å². The van der Waals surface area contributed by atoms with Crippen molar-refractivity contribution in [3.05, 3.63) is 59.9 Å². The molecule has 0 unspecified atom stereocenters. The number of carbonyl (C=O) groups excluding carboxylic acids is 2. The zero-order chi connectivity index (χ0) is 18.7. The summed E-state index contributed by atoms with van der Waals surface area (Å²) in [4.78, 5) is 26.6. The van der Waals surface area contributed by atoms with Crippen LogP contribution >= 0.6 is 0 Å². The van der Waals surface area contributed by atoms with Crippen LogP contribution in [0.1, 0.15) is 16.2 Å². The standard InChI is InChI=1S/C19H16N2O5.H3N/c1-11-15-9-13(26-12-5-3-2-4-6-12)7-8-14(15)18(24)17(21-11)19(25)20-10-16(22)23;/h2-9,24H,10H2,1H3,(H,20,25)(H,22,23);1H3. The summed E-state index contributed by atoms with van der Waals surface area (Å²) in [5.74, 6) is -1.32. The molecule has 8 nitrogen and oxygen atoms in total. The largest absolute Gasteiger partial charge is 0.548 e. The summed E-state index contributed by atoms with van der Waals surface area (Å²) in [7, 11) is 0. The van der Waals surface area contributed by atoms with Gasteiger partial charge in [0.05, 0.1) is 12.5 Å². The van der Waals surface area contributed by atoms with Gasteiger partial charge in [-0.25, -0.2) is 4.98 Å². The third-order valence-corrected chi connectivity index (χ3v) is 3.73. The summed E-state index contributed by atoms with van der Waals surface area (Å²) in [5, 5.41) is 24.0. The molecule has 0 bridgehead atoms. The molecule has 0 radical (unpaired) electrons. The number of rotatable bonds is 5. The van der Waals surface area contributed by atoms with E-state index in [9.17, 15) is 19.8 Å². The predicted molar refractivity (Wildman–Crippen MR) is 98.0 cm³/mol. The van der Waals surface area contributed by atoms with Gasteiger partial charge in [-0.15, -0.1) is 0 Å². The van der Waals surface area contributed by atoms with Gasteiger partial charge in [-0.05, 0) is 37.3 Å². The number of para-hydroxylation sites is 1. The van der Waals surface area contributed by atoms with Gasteiger partial charge in [0.2, 0.25) is 0 Å². The van der Waals surface area contributed by atoms with Gasteiger partial charge in [0.1, 0.15) is 11.5 Å². The minimum absolute atomic E-state index is 0. The maximum absolute atomic E-state index is 12.0. The summed E-state index contributed by atoms with van der Waals surface area (Å²) in [6.45, 7) is 1.02. The van der Waals surface area contributed by atoms with E-state index in [-0.39, 0.29) is 17.6 Å². The molecular formula is C19H19N3O5. The minimum atomic E-state index is -1.43. The van der Waals surface area contributed by atoms with Gasteiger partial charge in [0, 0.05) is 16.5 Å². The Morgan fingerprint density at radius 1 is 1.11 bits per heavy atom. The number of hydrogen-bond acceptors (Lipinski definition) is 6. The number of carbonyl (C=O) groups is 2. The van der Waals surface area contributed by atoms with Gasteiger partial charge >= 0.3 is 0 Å². The van der Waals surface area contributed by atoms with Crippen molar-refractivity contribution in [3.8, 4) is 17.2 Å². The number of benzene rings is 2. The highest BCUT2D eigenvalue weighted by molar-refractivity contribution is 6.03. The van der Waals surface area contributed by atoms with Crippen LogP contribution in [0.5, 0.6) is 17.2 Å². The molecular weight excluding hydrogens is 350 g/mol. The van der Waals surface area contributed by atoms with E-state index >= 15 is 0 Å². The van der Waals surface area contributed by atoms with Crippen LogP contribution in [0.2, 0.25) is 0 Å². The molecule has 3 rings (SSSR count). The van der Waals surface area contributed by atoms with Crippen LogP contribution in [0.25, 0.3) is 10.8 Å². The third kappa shape index (κ3) is 4.31. The first-order valence-corrected chi connectivity index (χ1v) is 7.80. The summed E-state index contributed by atoms with van der Waals surface area (Å²) >= 11 is 0. The molecule has 1 heterocycles.